The highest BCUT2D eigenvalue weighted by molar-refractivity contribution is 6.62. The fourth-order valence-corrected chi connectivity index (χ4v) is 1.94. The van der Waals surface area contributed by atoms with Crippen LogP contribution in [0.5, 0.6) is 0 Å². The Morgan fingerprint density at radius 3 is 2.15 bits per heavy atom. The third-order valence-electron chi connectivity index (χ3n) is 3.93. The van der Waals surface area contributed by atoms with Crippen molar-refractivity contribution in [3.05, 3.63) is 17.8 Å². The van der Waals surface area contributed by atoms with Gasteiger partial charge in [0.2, 0.25) is 0 Å². The molecular formula is C14H20BN3O2. The van der Waals surface area contributed by atoms with Gasteiger partial charge in [0.25, 0.3) is 0 Å². The molecule has 20 heavy (non-hydrogen) atoms. The smallest absolute Gasteiger partial charge is 0.399 e. The van der Waals surface area contributed by atoms with E-state index in [0.29, 0.717) is 11.5 Å². The van der Waals surface area contributed by atoms with Crippen molar-refractivity contribution in [3.8, 4) is 6.07 Å². The lowest BCUT2D eigenvalue weighted by Crippen LogP contribution is -2.41. The van der Waals surface area contributed by atoms with Crippen molar-refractivity contribution in [1.29, 1.82) is 5.26 Å². The summed E-state index contributed by atoms with van der Waals surface area (Å²) in [5, 5.41) is 9.10. The minimum Gasteiger partial charge on any atom is -0.399 e. The van der Waals surface area contributed by atoms with E-state index in [-0.39, 0.29) is 0 Å². The normalized spacial score (nSPS) is 19.8. The van der Waals surface area contributed by atoms with Crippen molar-refractivity contribution < 1.29 is 9.31 Å². The SMILES string of the molecule is CN(C)c1cc(B2OC(C)(C)C(C)(C)O2)cc(C#N)n1. The van der Waals surface area contributed by atoms with Crippen LogP contribution in [-0.2, 0) is 9.31 Å². The van der Waals surface area contributed by atoms with Gasteiger partial charge in [-0.15, -0.1) is 0 Å². The average molecular weight is 273 g/mol. The number of nitrogens with zero attached hydrogens (tertiary/aromatic N) is 3. The molecule has 0 bridgehead atoms. The molecule has 5 nitrogen and oxygen atoms in total. The predicted molar refractivity (Wildman–Crippen MR) is 79.0 cm³/mol. The molecule has 0 aliphatic carbocycles. The number of pyridine rings is 1. The van der Waals surface area contributed by atoms with E-state index in [1.807, 2.05) is 52.8 Å². The molecule has 0 amide bonds. The molecule has 2 rings (SSSR count). The molecule has 0 aromatic carbocycles. The maximum absolute atomic E-state index is 9.10. The van der Waals surface area contributed by atoms with Gasteiger partial charge in [-0.2, -0.15) is 5.26 Å². The van der Waals surface area contributed by atoms with Crippen LogP contribution in [0.2, 0.25) is 0 Å². The van der Waals surface area contributed by atoms with E-state index in [2.05, 4.69) is 11.1 Å². The number of hydrogen-bond acceptors (Lipinski definition) is 5. The molecule has 0 atom stereocenters. The lowest BCUT2D eigenvalue weighted by molar-refractivity contribution is 0.00578. The van der Waals surface area contributed by atoms with Gasteiger partial charge in [0.15, 0.2) is 0 Å². The first-order chi connectivity index (χ1) is 9.16. The van der Waals surface area contributed by atoms with Gasteiger partial charge in [-0.1, -0.05) is 0 Å². The Balaban J connectivity index is 2.40. The van der Waals surface area contributed by atoms with Crippen molar-refractivity contribution >= 4 is 18.4 Å². The minimum absolute atomic E-state index is 0.362. The summed E-state index contributed by atoms with van der Waals surface area (Å²) in [4.78, 5) is 6.11. The van der Waals surface area contributed by atoms with Crippen LogP contribution in [0.4, 0.5) is 5.82 Å². The first-order valence-corrected chi connectivity index (χ1v) is 6.61. The summed E-state index contributed by atoms with van der Waals surface area (Å²) in [6.07, 6.45) is 0. The number of rotatable bonds is 2. The number of aromatic nitrogens is 1. The fourth-order valence-electron chi connectivity index (χ4n) is 1.94. The summed E-state index contributed by atoms with van der Waals surface area (Å²) in [6, 6.07) is 5.69. The summed E-state index contributed by atoms with van der Waals surface area (Å²) in [6.45, 7) is 8.02. The molecule has 0 radical (unpaired) electrons. The zero-order valence-corrected chi connectivity index (χ0v) is 12.9. The first-order valence-electron chi connectivity index (χ1n) is 6.61. The molecule has 106 valence electrons. The topological polar surface area (TPSA) is 58.4 Å². The molecule has 1 aromatic heterocycles. The molecular weight excluding hydrogens is 253 g/mol. The third kappa shape index (κ3) is 2.51. The Morgan fingerprint density at radius 2 is 1.70 bits per heavy atom. The van der Waals surface area contributed by atoms with E-state index in [9.17, 15) is 0 Å². The van der Waals surface area contributed by atoms with Crippen molar-refractivity contribution in [2.24, 2.45) is 0 Å². The molecule has 1 aliphatic rings. The zero-order valence-electron chi connectivity index (χ0n) is 12.9. The molecule has 1 fully saturated rings. The molecule has 1 saturated heterocycles. The van der Waals surface area contributed by atoms with Gasteiger partial charge in [-0.25, -0.2) is 4.98 Å². The highest BCUT2D eigenvalue weighted by Gasteiger charge is 2.51. The molecule has 1 aromatic rings. The van der Waals surface area contributed by atoms with Crippen molar-refractivity contribution in [2.75, 3.05) is 19.0 Å². The fraction of sp³-hybridized carbons (Fsp3) is 0.571. The van der Waals surface area contributed by atoms with Crippen LogP contribution in [-0.4, -0.2) is 37.4 Å². The molecule has 0 unspecified atom stereocenters. The minimum atomic E-state index is -0.478. The van der Waals surface area contributed by atoms with Crippen LogP contribution < -0.4 is 10.4 Å². The van der Waals surface area contributed by atoms with Crippen LogP contribution in [0, 0.1) is 11.3 Å². The quantitative estimate of drug-likeness (QED) is 0.760. The van der Waals surface area contributed by atoms with Crippen LogP contribution in [0.15, 0.2) is 12.1 Å². The van der Waals surface area contributed by atoms with Gasteiger partial charge < -0.3 is 14.2 Å². The zero-order chi connectivity index (χ0) is 15.1. The monoisotopic (exact) mass is 273 g/mol. The van der Waals surface area contributed by atoms with Gasteiger partial charge in [-0.05, 0) is 45.3 Å². The van der Waals surface area contributed by atoms with E-state index in [4.69, 9.17) is 14.6 Å². The largest absolute Gasteiger partial charge is 0.495 e. The molecule has 1 aliphatic heterocycles. The Bertz CT molecular complexity index is 548. The maximum atomic E-state index is 9.10. The summed E-state index contributed by atoms with van der Waals surface area (Å²) < 4.78 is 12.0. The molecule has 0 spiro atoms. The highest BCUT2D eigenvalue weighted by Crippen LogP contribution is 2.36. The number of hydrogen-bond donors (Lipinski definition) is 0. The Kier molecular flexibility index (Phi) is 3.53. The van der Waals surface area contributed by atoms with Crippen LogP contribution in [0.3, 0.4) is 0 Å². The van der Waals surface area contributed by atoms with Crippen molar-refractivity contribution in [1.82, 2.24) is 4.98 Å². The Morgan fingerprint density at radius 1 is 1.15 bits per heavy atom. The summed E-state index contributed by atoms with van der Waals surface area (Å²) in [5.74, 6) is 0.716. The first kappa shape index (κ1) is 14.8. The second kappa shape index (κ2) is 4.76. The van der Waals surface area contributed by atoms with Crippen LogP contribution >= 0.6 is 0 Å². The average Bonchev–Trinajstić information content (AvgIpc) is 2.58. The van der Waals surface area contributed by atoms with E-state index >= 15 is 0 Å². The number of nitriles is 1. The molecule has 6 heteroatoms. The Labute approximate surface area is 120 Å². The van der Waals surface area contributed by atoms with Crippen LogP contribution in [0.25, 0.3) is 0 Å². The van der Waals surface area contributed by atoms with Gasteiger partial charge >= 0.3 is 7.12 Å². The predicted octanol–water partition coefficient (Wildman–Crippen LogP) is 1.32. The standard InChI is InChI=1S/C14H20BN3O2/c1-13(2)14(3,4)20-15(19-13)10-7-11(9-16)17-12(8-10)18(5)6/h7-8H,1-6H3. The third-order valence-corrected chi connectivity index (χ3v) is 3.93. The van der Waals surface area contributed by atoms with Gasteiger partial charge in [0, 0.05) is 14.1 Å². The maximum Gasteiger partial charge on any atom is 0.495 e. The summed E-state index contributed by atoms with van der Waals surface area (Å²) in [7, 11) is 3.29. The lowest BCUT2D eigenvalue weighted by atomic mass is 9.79. The molecule has 0 saturated carbocycles. The van der Waals surface area contributed by atoms with Crippen molar-refractivity contribution in [2.45, 2.75) is 38.9 Å². The van der Waals surface area contributed by atoms with E-state index in [0.717, 1.165) is 5.46 Å². The lowest BCUT2D eigenvalue weighted by Gasteiger charge is -2.32. The van der Waals surface area contributed by atoms with Gasteiger partial charge in [0.1, 0.15) is 17.6 Å². The second-order valence-corrected chi connectivity index (χ2v) is 6.24. The summed E-state index contributed by atoms with van der Waals surface area (Å²) >= 11 is 0. The highest BCUT2D eigenvalue weighted by atomic mass is 16.7. The van der Waals surface area contributed by atoms with Gasteiger partial charge in [0.05, 0.1) is 11.2 Å². The molecule has 0 N–H and O–H groups in total. The molecule has 2 heterocycles. The van der Waals surface area contributed by atoms with Crippen molar-refractivity contribution in [3.63, 3.8) is 0 Å². The second-order valence-electron chi connectivity index (χ2n) is 6.24. The Hall–Kier alpha value is -1.58. The van der Waals surface area contributed by atoms with Crippen LogP contribution in [0.1, 0.15) is 33.4 Å². The summed E-state index contributed by atoms with van der Waals surface area (Å²) in [5.41, 5.74) is 0.387. The van der Waals surface area contributed by atoms with E-state index < -0.39 is 18.3 Å². The van der Waals surface area contributed by atoms with E-state index in [1.165, 1.54) is 0 Å². The number of anilines is 1. The van der Waals surface area contributed by atoms with Gasteiger partial charge in [-0.3, -0.25) is 0 Å². The van der Waals surface area contributed by atoms with E-state index in [1.54, 1.807) is 6.07 Å².